The molecule has 4 bridgehead atoms. The van der Waals surface area contributed by atoms with E-state index in [0.29, 0.717) is 28.8 Å². The standard InChI is InChI=1S/C27H30N4O6S/c1-15(24(32)30-27-12-16-8-17(13-27)10-18(9-16)14-27)37-25(33)19-2-4-20(5-3-19)31-38(35,36)21-6-7-22-23(11-21)29-26(34)28-22/h2-7,11,15-18,31H,8-10,12-14H2,1H3,(H,30,32)(H2,28,29,34)/t15-,16?,17?,18?,27?/m0/s1. The van der Waals surface area contributed by atoms with Gasteiger partial charge in [0.05, 0.1) is 21.5 Å². The molecule has 200 valence electrons. The summed E-state index contributed by atoms with van der Waals surface area (Å²) in [5.41, 5.74) is 0.733. The quantitative estimate of drug-likeness (QED) is 0.339. The number of fused-ring (bicyclic) bond motifs is 1. The van der Waals surface area contributed by atoms with Gasteiger partial charge >= 0.3 is 11.7 Å². The van der Waals surface area contributed by atoms with E-state index in [0.717, 1.165) is 19.3 Å². The minimum absolute atomic E-state index is 0.0254. The molecule has 0 aliphatic heterocycles. The Labute approximate surface area is 219 Å². The summed E-state index contributed by atoms with van der Waals surface area (Å²) in [6, 6.07) is 10.0. The van der Waals surface area contributed by atoms with Crippen LogP contribution in [0.3, 0.4) is 0 Å². The maximum atomic E-state index is 12.9. The minimum atomic E-state index is -3.94. The summed E-state index contributed by atoms with van der Waals surface area (Å²) < 4.78 is 33.5. The summed E-state index contributed by atoms with van der Waals surface area (Å²) >= 11 is 0. The number of carbonyl (C=O) groups excluding carboxylic acids is 2. The van der Waals surface area contributed by atoms with Crippen LogP contribution in [0.5, 0.6) is 0 Å². The second-order valence-corrected chi connectivity index (χ2v) is 12.9. The molecule has 1 atom stereocenters. The maximum absolute atomic E-state index is 12.9. The largest absolute Gasteiger partial charge is 0.449 e. The topological polar surface area (TPSA) is 150 Å². The number of hydrogen-bond acceptors (Lipinski definition) is 6. The third-order valence-electron chi connectivity index (χ3n) is 8.25. The second kappa shape index (κ2) is 9.00. The number of sulfonamides is 1. The Bertz CT molecular complexity index is 1540. The number of H-pyrrole nitrogens is 2. The van der Waals surface area contributed by atoms with Gasteiger partial charge in [-0.05, 0) is 106 Å². The van der Waals surface area contributed by atoms with Crippen LogP contribution in [0.2, 0.25) is 0 Å². The van der Waals surface area contributed by atoms with E-state index in [1.807, 2.05) is 0 Å². The first-order valence-corrected chi connectivity index (χ1v) is 14.4. The lowest BCUT2D eigenvalue weighted by molar-refractivity contribution is -0.134. The molecule has 0 radical (unpaired) electrons. The van der Waals surface area contributed by atoms with E-state index in [2.05, 4.69) is 20.0 Å². The molecule has 0 unspecified atom stereocenters. The van der Waals surface area contributed by atoms with Crippen molar-refractivity contribution in [2.24, 2.45) is 17.8 Å². The van der Waals surface area contributed by atoms with Crippen LogP contribution in [0.4, 0.5) is 5.69 Å². The molecule has 11 heteroatoms. The number of anilines is 1. The number of esters is 1. The van der Waals surface area contributed by atoms with Crippen molar-refractivity contribution in [3.8, 4) is 0 Å². The third kappa shape index (κ3) is 4.70. The lowest BCUT2D eigenvalue weighted by Crippen LogP contribution is -2.61. The highest BCUT2D eigenvalue weighted by atomic mass is 32.2. The molecule has 0 spiro atoms. The smallest absolute Gasteiger partial charge is 0.338 e. The van der Waals surface area contributed by atoms with Crippen LogP contribution >= 0.6 is 0 Å². The Hall–Kier alpha value is -3.60. The molecule has 10 nitrogen and oxygen atoms in total. The molecule has 1 aromatic heterocycles. The number of amides is 1. The highest BCUT2D eigenvalue weighted by Crippen LogP contribution is 2.55. The SMILES string of the molecule is C[C@H](OC(=O)c1ccc(NS(=O)(=O)c2ccc3[nH]c(=O)[nH]c3c2)cc1)C(=O)NC12CC3CC(CC(C3)C1)C2. The number of ether oxygens (including phenoxy) is 1. The fourth-order valence-corrected chi connectivity index (χ4v) is 8.06. The number of imidazole rings is 1. The van der Waals surface area contributed by atoms with Crippen LogP contribution in [0.25, 0.3) is 11.0 Å². The van der Waals surface area contributed by atoms with Gasteiger partial charge in [-0.15, -0.1) is 0 Å². The number of aromatic nitrogens is 2. The van der Waals surface area contributed by atoms with Crippen LogP contribution in [0, 0.1) is 17.8 Å². The fourth-order valence-electron chi connectivity index (χ4n) is 6.98. The number of benzene rings is 2. The average molecular weight is 539 g/mol. The highest BCUT2D eigenvalue weighted by molar-refractivity contribution is 7.92. The van der Waals surface area contributed by atoms with Gasteiger partial charge in [0, 0.05) is 11.2 Å². The Morgan fingerprint density at radius 2 is 1.55 bits per heavy atom. The molecule has 4 saturated carbocycles. The molecule has 4 N–H and O–H groups in total. The Kier molecular flexibility index (Phi) is 5.86. The van der Waals surface area contributed by atoms with E-state index < -0.39 is 27.8 Å². The van der Waals surface area contributed by atoms with Crippen LogP contribution in [-0.2, 0) is 19.6 Å². The van der Waals surface area contributed by atoms with Gasteiger partial charge in [0.2, 0.25) is 0 Å². The molecular weight excluding hydrogens is 508 g/mol. The van der Waals surface area contributed by atoms with Crippen molar-refractivity contribution in [3.05, 3.63) is 58.5 Å². The predicted molar refractivity (Wildman–Crippen MR) is 140 cm³/mol. The lowest BCUT2D eigenvalue weighted by Gasteiger charge is -2.57. The van der Waals surface area contributed by atoms with Gasteiger partial charge in [0.25, 0.3) is 15.9 Å². The van der Waals surface area contributed by atoms with Crippen LogP contribution in [-0.4, -0.2) is 41.9 Å². The Morgan fingerprint density at radius 1 is 0.947 bits per heavy atom. The molecule has 1 amide bonds. The lowest BCUT2D eigenvalue weighted by atomic mass is 9.53. The molecular formula is C27H30N4O6S. The van der Waals surface area contributed by atoms with Gasteiger partial charge in [-0.1, -0.05) is 0 Å². The first-order chi connectivity index (χ1) is 18.1. The molecule has 4 aliphatic carbocycles. The summed E-state index contributed by atoms with van der Waals surface area (Å²) in [7, 11) is -3.94. The summed E-state index contributed by atoms with van der Waals surface area (Å²) in [6.45, 7) is 1.57. The van der Waals surface area contributed by atoms with Gasteiger partial charge < -0.3 is 20.0 Å². The van der Waals surface area contributed by atoms with E-state index in [1.54, 1.807) is 6.92 Å². The summed E-state index contributed by atoms with van der Waals surface area (Å²) in [4.78, 5) is 42.1. The normalized spacial score (nSPS) is 26.7. The van der Waals surface area contributed by atoms with Gasteiger partial charge in [-0.2, -0.15) is 0 Å². The summed E-state index contributed by atoms with van der Waals surface area (Å²) in [6.07, 6.45) is 5.92. The summed E-state index contributed by atoms with van der Waals surface area (Å²) in [5.74, 6) is 1.14. The molecule has 3 aromatic rings. The van der Waals surface area contributed by atoms with Crippen molar-refractivity contribution in [1.82, 2.24) is 15.3 Å². The average Bonchev–Trinajstić information content (AvgIpc) is 3.22. The van der Waals surface area contributed by atoms with E-state index in [1.165, 1.54) is 61.7 Å². The second-order valence-electron chi connectivity index (χ2n) is 11.2. The van der Waals surface area contributed by atoms with Crippen molar-refractivity contribution in [1.29, 1.82) is 0 Å². The van der Waals surface area contributed by atoms with Gasteiger partial charge in [-0.25, -0.2) is 18.0 Å². The predicted octanol–water partition coefficient (Wildman–Crippen LogP) is 3.29. The zero-order chi connectivity index (χ0) is 26.7. The molecule has 38 heavy (non-hydrogen) atoms. The highest BCUT2D eigenvalue weighted by Gasteiger charge is 2.51. The first-order valence-electron chi connectivity index (χ1n) is 13.0. The molecule has 0 saturated heterocycles. The number of hydrogen-bond donors (Lipinski definition) is 4. The molecule has 1 heterocycles. The fraction of sp³-hybridized carbons (Fsp3) is 0.444. The summed E-state index contributed by atoms with van der Waals surface area (Å²) in [5, 5.41) is 3.23. The van der Waals surface area contributed by atoms with Gasteiger partial charge in [0.1, 0.15) is 0 Å². The maximum Gasteiger partial charge on any atom is 0.338 e. The van der Waals surface area contributed by atoms with E-state index in [9.17, 15) is 22.8 Å². The van der Waals surface area contributed by atoms with E-state index in [4.69, 9.17) is 4.74 Å². The van der Waals surface area contributed by atoms with Crippen LogP contribution in [0.1, 0.15) is 55.8 Å². The monoisotopic (exact) mass is 538 g/mol. The van der Waals surface area contributed by atoms with Crippen molar-refractivity contribution >= 4 is 38.6 Å². The number of nitrogens with one attached hydrogen (secondary N) is 4. The molecule has 2 aromatic carbocycles. The zero-order valence-corrected chi connectivity index (χ0v) is 21.8. The minimum Gasteiger partial charge on any atom is -0.449 e. The third-order valence-corrected chi connectivity index (χ3v) is 9.63. The number of rotatable bonds is 7. The number of aromatic amines is 2. The Balaban J connectivity index is 1.07. The van der Waals surface area contributed by atoms with E-state index >= 15 is 0 Å². The Morgan fingerprint density at radius 3 is 2.18 bits per heavy atom. The number of carbonyl (C=O) groups is 2. The zero-order valence-electron chi connectivity index (χ0n) is 21.0. The molecule has 7 rings (SSSR count). The van der Waals surface area contributed by atoms with Crippen molar-refractivity contribution in [2.75, 3.05) is 4.72 Å². The molecule has 4 fully saturated rings. The van der Waals surface area contributed by atoms with Crippen molar-refractivity contribution in [2.45, 2.75) is 62.0 Å². The first kappa shape index (κ1) is 24.7. The van der Waals surface area contributed by atoms with E-state index in [-0.39, 0.29) is 27.6 Å². The van der Waals surface area contributed by atoms with Crippen molar-refractivity contribution in [3.63, 3.8) is 0 Å². The van der Waals surface area contributed by atoms with Crippen LogP contribution in [0.15, 0.2) is 52.2 Å². The molecule has 4 aliphatic rings. The van der Waals surface area contributed by atoms with Crippen LogP contribution < -0.4 is 15.7 Å². The van der Waals surface area contributed by atoms with Crippen molar-refractivity contribution < 1.29 is 22.7 Å². The van der Waals surface area contributed by atoms with Gasteiger partial charge in [-0.3, -0.25) is 9.52 Å². The van der Waals surface area contributed by atoms with Gasteiger partial charge in [0.15, 0.2) is 6.10 Å².